The second kappa shape index (κ2) is 7.80. The summed E-state index contributed by atoms with van der Waals surface area (Å²) in [6.07, 6.45) is -0.0480. The van der Waals surface area contributed by atoms with Crippen molar-refractivity contribution in [2.75, 3.05) is 11.9 Å². The van der Waals surface area contributed by atoms with Crippen molar-refractivity contribution in [3.63, 3.8) is 0 Å². The minimum absolute atomic E-state index is 0.00557. The number of hydrogen-bond acceptors (Lipinski definition) is 4. The van der Waals surface area contributed by atoms with E-state index < -0.39 is 17.1 Å². The molecule has 0 spiro atoms. The van der Waals surface area contributed by atoms with Crippen molar-refractivity contribution in [2.45, 2.75) is 26.4 Å². The Balaban J connectivity index is 2.52. The van der Waals surface area contributed by atoms with Gasteiger partial charge < -0.3 is 15.7 Å². The zero-order chi connectivity index (χ0) is 16.0. The van der Waals surface area contributed by atoms with E-state index in [4.69, 9.17) is 11.6 Å². The van der Waals surface area contributed by atoms with Gasteiger partial charge in [0.25, 0.3) is 5.69 Å². The summed E-state index contributed by atoms with van der Waals surface area (Å²) in [7, 11) is 0. The number of aliphatic hydroxyl groups excluding tert-OH is 1. The topological polar surface area (TPSA) is 104 Å². The molecule has 21 heavy (non-hydrogen) atoms. The number of nitrogens with one attached hydrogen (secondary N) is 2. The number of nitro benzene ring substituents is 1. The van der Waals surface area contributed by atoms with E-state index in [1.807, 2.05) is 13.8 Å². The Morgan fingerprint density at radius 3 is 2.71 bits per heavy atom. The van der Waals surface area contributed by atoms with E-state index in [0.29, 0.717) is 13.0 Å². The number of halogens is 1. The zero-order valence-electron chi connectivity index (χ0n) is 11.8. The average Bonchev–Trinajstić information content (AvgIpc) is 2.40. The fraction of sp³-hybridized carbons (Fsp3) is 0.462. The number of hydrogen-bond donors (Lipinski definition) is 3. The maximum absolute atomic E-state index is 11.6. The first-order chi connectivity index (χ1) is 9.81. The van der Waals surface area contributed by atoms with Crippen LogP contribution in [0.15, 0.2) is 18.2 Å². The maximum Gasteiger partial charge on any atom is 0.319 e. The first-order valence-corrected chi connectivity index (χ1v) is 6.86. The molecule has 0 bridgehead atoms. The second-order valence-electron chi connectivity index (χ2n) is 4.90. The van der Waals surface area contributed by atoms with E-state index in [9.17, 15) is 20.0 Å². The van der Waals surface area contributed by atoms with Gasteiger partial charge in [0, 0.05) is 18.3 Å². The van der Waals surface area contributed by atoms with Crippen LogP contribution in [0.3, 0.4) is 0 Å². The summed E-state index contributed by atoms with van der Waals surface area (Å²) >= 11 is 5.68. The Morgan fingerprint density at radius 2 is 2.14 bits per heavy atom. The largest absolute Gasteiger partial charge is 0.393 e. The molecule has 7 nitrogen and oxygen atoms in total. The zero-order valence-corrected chi connectivity index (χ0v) is 12.6. The Hall–Kier alpha value is -1.86. The van der Waals surface area contributed by atoms with Crippen molar-refractivity contribution in [3.05, 3.63) is 33.3 Å². The van der Waals surface area contributed by atoms with Crippen LogP contribution in [0.25, 0.3) is 0 Å². The van der Waals surface area contributed by atoms with Crippen LogP contribution in [0, 0.1) is 16.0 Å². The van der Waals surface area contributed by atoms with Gasteiger partial charge in [-0.15, -0.1) is 0 Å². The summed E-state index contributed by atoms with van der Waals surface area (Å²) in [5, 5.41) is 25.4. The van der Waals surface area contributed by atoms with E-state index in [1.165, 1.54) is 18.2 Å². The van der Waals surface area contributed by atoms with Gasteiger partial charge >= 0.3 is 6.03 Å². The molecule has 0 aliphatic carbocycles. The number of benzene rings is 1. The van der Waals surface area contributed by atoms with E-state index in [2.05, 4.69) is 10.6 Å². The van der Waals surface area contributed by atoms with Crippen LogP contribution < -0.4 is 10.6 Å². The lowest BCUT2D eigenvalue weighted by Gasteiger charge is -2.14. The fourth-order valence-electron chi connectivity index (χ4n) is 1.57. The van der Waals surface area contributed by atoms with Crippen molar-refractivity contribution in [1.29, 1.82) is 0 Å². The number of aliphatic hydroxyl groups is 1. The molecule has 0 fully saturated rings. The summed E-state index contributed by atoms with van der Waals surface area (Å²) in [5.74, 6) is 0.119. The smallest absolute Gasteiger partial charge is 0.319 e. The third kappa shape index (κ3) is 5.57. The van der Waals surface area contributed by atoms with Gasteiger partial charge in [0.1, 0.15) is 5.02 Å². The number of carbonyl (C=O) groups is 1. The van der Waals surface area contributed by atoms with Crippen molar-refractivity contribution < 1.29 is 14.8 Å². The van der Waals surface area contributed by atoms with Crippen molar-refractivity contribution >= 4 is 29.0 Å². The van der Waals surface area contributed by atoms with Crippen LogP contribution in [0.5, 0.6) is 0 Å². The number of amides is 2. The Bertz CT molecular complexity index is 522. The van der Waals surface area contributed by atoms with Gasteiger partial charge in [0.2, 0.25) is 0 Å². The molecule has 0 aliphatic heterocycles. The van der Waals surface area contributed by atoms with E-state index in [-0.39, 0.29) is 22.3 Å². The van der Waals surface area contributed by atoms with Crippen LogP contribution in [0.2, 0.25) is 5.02 Å². The quantitative estimate of drug-likeness (QED) is 0.554. The lowest BCUT2D eigenvalue weighted by molar-refractivity contribution is -0.384. The standard InChI is InChI=1S/C13H18ClN3O4/c1-8(2)12(18)5-6-15-13(19)16-9-3-4-10(14)11(7-9)17(20)21/h3-4,7-8,12,18H,5-6H2,1-2H3,(H2,15,16,19). The maximum atomic E-state index is 11.6. The van der Waals surface area contributed by atoms with Crippen LogP contribution in [-0.2, 0) is 0 Å². The number of nitro groups is 1. The highest BCUT2D eigenvalue weighted by atomic mass is 35.5. The van der Waals surface area contributed by atoms with Crippen LogP contribution in [-0.4, -0.2) is 28.7 Å². The molecule has 116 valence electrons. The highest BCUT2D eigenvalue weighted by Gasteiger charge is 2.14. The number of rotatable bonds is 6. The molecular formula is C13H18ClN3O4. The third-order valence-electron chi connectivity index (χ3n) is 2.90. The third-order valence-corrected chi connectivity index (χ3v) is 3.22. The van der Waals surface area contributed by atoms with Crippen molar-refractivity contribution in [3.8, 4) is 0 Å². The van der Waals surface area contributed by atoms with Crippen LogP contribution >= 0.6 is 11.6 Å². The average molecular weight is 316 g/mol. The molecule has 1 atom stereocenters. The van der Waals surface area contributed by atoms with Gasteiger partial charge in [-0.3, -0.25) is 10.1 Å². The Morgan fingerprint density at radius 1 is 1.48 bits per heavy atom. The van der Waals surface area contributed by atoms with Gasteiger partial charge in [0.05, 0.1) is 11.0 Å². The normalized spacial score (nSPS) is 12.0. The molecule has 3 N–H and O–H groups in total. The summed E-state index contributed by atoms with van der Waals surface area (Å²) in [5.41, 5.74) is -0.00213. The van der Waals surface area contributed by atoms with Gasteiger partial charge in [-0.25, -0.2) is 4.79 Å². The number of anilines is 1. The lowest BCUT2D eigenvalue weighted by atomic mass is 10.0. The SMILES string of the molecule is CC(C)C(O)CCNC(=O)Nc1ccc(Cl)c([N+](=O)[O-])c1. The fourth-order valence-corrected chi connectivity index (χ4v) is 1.76. The van der Waals surface area contributed by atoms with Crippen molar-refractivity contribution in [1.82, 2.24) is 5.32 Å². The van der Waals surface area contributed by atoms with E-state index in [1.54, 1.807) is 0 Å². The van der Waals surface area contributed by atoms with E-state index in [0.717, 1.165) is 0 Å². The van der Waals surface area contributed by atoms with Gasteiger partial charge in [0.15, 0.2) is 0 Å². The van der Waals surface area contributed by atoms with Crippen LogP contribution in [0.1, 0.15) is 20.3 Å². The Kier molecular flexibility index (Phi) is 6.39. The molecule has 1 rings (SSSR count). The number of carbonyl (C=O) groups excluding carboxylic acids is 1. The molecule has 0 saturated heterocycles. The van der Waals surface area contributed by atoms with Crippen molar-refractivity contribution in [2.24, 2.45) is 5.92 Å². The molecule has 0 heterocycles. The predicted octanol–water partition coefficient (Wildman–Crippen LogP) is 2.78. The van der Waals surface area contributed by atoms with E-state index >= 15 is 0 Å². The lowest BCUT2D eigenvalue weighted by Crippen LogP contribution is -2.32. The van der Waals surface area contributed by atoms with Gasteiger partial charge in [-0.05, 0) is 24.5 Å². The summed E-state index contributed by atoms with van der Waals surface area (Å²) in [4.78, 5) is 21.7. The number of urea groups is 1. The predicted molar refractivity (Wildman–Crippen MR) is 80.6 cm³/mol. The Labute approximate surface area is 127 Å². The van der Waals surface area contributed by atoms with Gasteiger partial charge in [-0.2, -0.15) is 0 Å². The molecule has 0 aromatic heterocycles. The first-order valence-electron chi connectivity index (χ1n) is 6.48. The highest BCUT2D eigenvalue weighted by molar-refractivity contribution is 6.32. The first kappa shape index (κ1) is 17.2. The highest BCUT2D eigenvalue weighted by Crippen LogP contribution is 2.27. The molecule has 1 aromatic carbocycles. The minimum Gasteiger partial charge on any atom is -0.393 e. The molecule has 2 amide bonds. The summed E-state index contributed by atoms with van der Waals surface area (Å²) in [6.45, 7) is 4.08. The molecule has 1 unspecified atom stereocenters. The molecule has 1 aromatic rings. The number of nitrogens with zero attached hydrogens (tertiary/aromatic N) is 1. The molecule has 0 aliphatic rings. The minimum atomic E-state index is -0.621. The molecule has 0 saturated carbocycles. The summed E-state index contributed by atoms with van der Waals surface area (Å²) in [6, 6.07) is 3.50. The molecule has 8 heteroatoms. The van der Waals surface area contributed by atoms with Gasteiger partial charge in [-0.1, -0.05) is 25.4 Å². The summed E-state index contributed by atoms with van der Waals surface area (Å²) < 4.78 is 0. The monoisotopic (exact) mass is 315 g/mol. The molecular weight excluding hydrogens is 298 g/mol. The second-order valence-corrected chi connectivity index (χ2v) is 5.31. The molecule has 0 radical (unpaired) electrons. The van der Waals surface area contributed by atoms with Crippen LogP contribution in [0.4, 0.5) is 16.2 Å².